The normalized spacial score (nSPS) is 21.3. The van der Waals surface area contributed by atoms with Gasteiger partial charge in [-0.15, -0.1) is 0 Å². The second kappa shape index (κ2) is 9.22. The Hall–Kier alpha value is -0.860. The summed E-state index contributed by atoms with van der Waals surface area (Å²) in [4.78, 5) is 2.74. The van der Waals surface area contributed by atoms with E-state index in [1.165, 1.54) is 57.2 Å². The lowest BCUT2D eigenvalue weighted by Gasteiger charge is -2.39. The number of nitrogens with one attached hydrogen (secondary N) is 1. The van der Waals surface area contributed by atoms with Gasteiger partial charge in [-0.2, -0.15) is 0 Å². The molecule has 21 heavy (non-hydrogen) atoms. The van der Waals surface area contributed by atoms with Crippen LogP contribution in [-0.4, -0.2) is 36.6 Å². The lowest BCUT2D eigenvalue weighted by Crippen LogP contribution is -2.51. The van der Waals surface area contributed by atoms with Crippen LogP contribution in [0.3, 0.4) is 0 Å². The number of nitrogens with zero attached hydrogens (tertiary/aromatic N) is 1. The monoisotopic (exact) mass is 288 g/mol. The molecule has 0 aromatic heterocycles. The van der Waals surface area contributed by atoms with Crippen molar-refractivity contribution in [1.82, 2.24) is 10.2 Å². The van der Waals surface area contributed by atoms with Gasteiger partial charge in [0.1, 0.15) is 0 Å². The average molecular weight is 288 g/mol. The molecule has 1 heterocycles. The van der Waals surface area contributed by atoms with Crippen LogP contribution in [0.1, 0.15) is 51.5 Å². The van der Waals surface area contributed by atoms with Crippen molar-refractivity contribution in [2.45, 2.75) is 64.5 Å². The summed E-state index contributed by atoms with van der Waals surface area (Å²) < 4.78 is 0. The number of likely N-dealkylation sites (tertiary alicyclic amines) is 1. The Morgan fingerprint density at radius 2 is 2.00 bits per heavy atom. The van der Waals surface area contributed by atoms with E-state index in [0.717, 1.165) is 12.6 Å². The van der Waals surface area contributed by atoms with Crippen LogP contribution in [0.2, 0.25) is 0 Å². The molecule has 0 amide bonds. The first kappa shape index (κ1) is 16.5. The lowest BCUT2D eigenvalue weighted by atomic mass is 9.96. The molecule has 0 radical (unpaired) electrons. The van der Waals surface area contributed by atoms with E-state index in [9.17, 15) is 0 Å². The first-order valence-corrected chi connectivity index (χ1v) is 8.82. The molecule has 2 nitrogen and oxygen atoms in total. The summed E-state index contributed by atoms with van der Waals surface area (Å²) in [5, 5.41) is 3.62. The van der Waals surface area contributed by atoms with Crippen LogP contribution < -0.4 is 5.32 Å². The summed E-state index contributed by atoms with van der Waals surface area (Å²) in [6, 6.07) is 12.3. The van der Waals surface area contributed by atoms with Crippen molar-refractivity contribution in [2.24, 2.45) is 0 Å². The molecule has 0 spiro atoms. The zero-order valence-electron chi connectivity index (χ0n) is 13.9. The Labute approximate surface area is 130 Å². The van der Waals surface area contributed by atoms with Crippen molar-refractivity contribution in [2.75, 3.05) is 19.6 Å². The van der Waals surface area contributed by atoms with E-state index in [-0.39, 0.29) is 0 Å². The van der Waals surface area contributed by atoms with Gasteiger partial charge in [0.2, 0.25) is 0 Å². The third kappa shape index (κ3) is 5.44. The number of benzene rings is 1. The predicted molar refractivity (Wildman–Crippen MR) is 91.7 cm³/mol. The van der Waals surface area contributed by atoms with Crippen molar-refractivity contribution < 1.29 is 0 Å². The summed E-state index contributed by atoms with van der Waals surface area (Å²) in [5.74, 6) is 0. The molecule has 0 saturated carbocycles. The minimum Gasteiger partial charge on any atom is -0.313 e. The van der Waals surface area contributed by atoms with Gasteiger partial charge >= 0.3 is 0 Å². The minimum absolute atomic E-state index is 0.629. The molecule has 0 aliphatic carbocycles. The molecule has 1 aliphatic rings. The van der Waals surface area contributed by atoms with Crippen molar-refractivity contribution in [3.05, 3.63) is 35.9 Å². The standard InChI is InChI=1S/C19H32N2/c1-3-20-17(2)19-14-8-10-16-21(19)15-9-7-13-18-11-5-4-6-12-18/h4-6,11-12,17,19-20H,3,7-10,13-16H2,1-2H3. The summed E-state index contributed by atoms with van der Waals surface area (Å²) in [5.41, 5.74) is 1.48. The van der Waals surface area contributed by atoms with Crippen LogP contribution in [0.4, 0.5) is 0 Å². The van der Waals surface area contributed by atoms with Gasteiger partial charge in [0.25, 0.3) is 0 Å². The molecular formula is C19H32N2. The number of hydrogen-bond donors (Lipinski definition) is 1. The summed E-state index contributed by atoms with van der Waals surface area (Å²) in [7, 11) is 0. The molecule has 2 atom stereocenters. The van der Waals surface area contributed by atoms with Crippen LogP contribution in [-0.2, 0) is 6.42 Å². The van der Waals surface area contributed by atoms with E-state index in [2.05, 4.69) is 54.4 Å². The first-order valence-electron chi connectivity index (χ1n) is 8.82. The van der Waals surface area contributed by atoms with Crippen molar-refractivity contribution in [3.8, 4) is 0 Å². The van der Waals surface area contributed by atoms with Gasteiger partial charge in [0.05, 0.1) is 0 Å². The number of hydrogen-bond acceptors (Lipinski definition) is 2. The highest BCUT2D eigenvalue weighted by Crippen LogP contribution is 2.20. The molecular weight excluding hydrogens is 256 g/mol. The maximum Gasteiger partial charge on any atom is 0.0246 e. The Morgan fingerprint density at radius 3 is 2.76 bits per heavy atom. The molecule has 1 saturated heterocycles. The minimum atomic E-state index is 0.629. The second-order valence-corrected chi connectivity index (χ2v) is 6.39. The van der Waals surface area contributed by atoms with Crippen LogP contribution in [0.25, 0.3) is 0 Å². The molecule has 2 heteroatoms. The highest BCUT2D eigenvalue weighted by molar-refractivity contribution is 5.14. The third-order valence-corrected chi connectivity index (χ3v) is 4.77. The molecule has 1 aromatic carbocycles. The van der Waals surface area contributed by atoms with Gasteiger partial charge in [0.15, 0.2) is 0 Å². The number of aryl methyl sites for hydroxylation is 1. The maximum absolute atomic E-state index is 3.62. The summed E-state index contributed by atoms with van der Waals surface area (Å²) in [6.45, 7) is 8.22. The van der Waals surface area contributed by atoms with Crippen molar-refractivity contribution in [1.29, 1.82) is 0 Å². The van der Waals surface area contributed by atoms with Crippen LogP contribution >= 0.6 is 0 Å². The van der Waals surface area contributed by atoms with E-state index >= 15 is 0 Å². The number of rotatable bonds is 8. The van der Waals surface area contributed by atoms with E-state index in [0.29, 0.717) is 6.04 Å². The van der Waals surface area contributed by atoms with E-state index in [1.807, 2.05) is 0 Å². The molecule has 2 rings (SSSR count). The zero-order chi connectivity index (χ0) is 14.9. The topological polar surface area (TPSA) is 15.3 Å². The van der Waals surface area contributed by atoms with Crippen molar-refractivity contribution in [3.63, 3.8) is 0 Å². The smallest absolute Gasteiger partial charge is 0.0246 e. The molecule has 2 unspecified atom stereocenters. The fourth-order valence-electron chi connectivity index (χ4n) is 3.61. The van der Waals surface area contributed by atoms with E-state index in [1.54, 1.807) is 0 Å². The Morgan fingerprint density at radius 1 is 1.19 bits per heavy atom. The maximum atomic E-state index is 3.62. The van der Waals surface area contributed by atoms with Crippen molar-refractivity contribution >= 4 is 0 Å². The number of likely N-dealkylation sites (N-methyl/N-ethyl adjacent to an activating group) is 1. The predicted octanol–water partition coefficient (Wildman–Crippen LogP) is 3.86. The quantitative estimate of drug-likeness (QED) is 0.731. The van der Waals surface area contributed by atoms with Crippen LogP contribution in [0, 0.1) is 0 Å². The van der Waals surface area contributed by atoms with E-state index in [4.69, 9.17) is 0 Å². The second-order valence-electron chi connectivity index (χ2n) is 6.39. The van der Waals surface area contributed by atoms with Gasteiger partial charge in [-0.3, -0.25) is 4.90 Å². The third-order valence-electron chi connectivity index (χ3n) is 4.77. The highest BCUT2D eigenvalue weighted by atomic mass is 15.2. The zero-order valence-corrected chi connectivity index (χ0v) is 13.9. The van der Waals surface area contributed by atoms with Crippen LogP contribution in [0.5, 0.6) is 0 Å². The average Bonchev–Trinajstić information content (AvgIpc) is 2.53. The number of unbranched alkanes of at least 4 members (excludes halogenated alkanes) is 1. The number of piperidine rings is 1. The largest absolute Gasteiger partial charge is 0.313 e. The molecule has 1 aromatic rings. The Bertz CT molecular complexity index is 376. The Balaban J connectivity index is 1.72. The molecule has 1 N–H and O–H groups in total. The lowest BCUT2D eigenvalue weighted by molar-refractivity contribution is 0.118. The fourth-order valence-corrected chi connectivity index (χ4v) is 3.61. The van der Waals surface area contributed by atoms with Gasteiger partial charge in [-0.05, 0) is 64.2 Å². The Kier molecular flexibility index (Phi) is 7.25. The summed E-state index contributed by atoms with van der Waals surface area (Å²) in [6.07, 6.45) is 8.01. The molecule has 1 fully saturated rings. The van der Waals surface area contributed by atoms with Gasteiger partial charge in [-0.25, -0.2) is 0 Å². The fraction of sp³-hybridized carbons (Fsp3) is 0.684. The van der Waals surface area contributed by atoms with E-state index < -0.39 is 0 Å². The van der Waals surface area contributed by atoms with Crippen LogP contribution in [0.15, 0.2) is 30.3 Å². The molecule has 1 aliphatic heterocycles. The first-order chi connectivity index (χ1) is 10.3. The SMILES string of the molecule is CCNC(C)C1CCCCN1CCCCc1ccccc1. The highest BCUT2D eigenvalue weighted by Gasteiger charge is 2.26. The molecule has 0 bridgehead atoms. The summed E-state index contributed by atoms with van der Waals surface area (Å²) >= 11 is 0. The van der Waals surface area contributed by atoms with Gasteiger partial charge < -0.3 is 5.32 Å². The van der Waals surface area contributed by atoms with Gasteiger partial charge in [0, 0.05) is 12.1 Å². The molecule has 118 valence electrons. The van der Waals surface area contributed by atoms with Gasteiger partial charge in [-0.1, -0.05) is 43.7 Å².